The molecule has 0 saturated heterocycles. The molecule has 0 radical (unpaired) electrons. The molecule has 0 spiro atoms. The highest BCUT2D eigenvalue weighted by Crippen LogP contribution is 2.09. The number of rotatable bonds is 2. The number of nitro benzene ring substituents is 1. The van der Waals surface area contributed by atoms with Crippen molar-refractivity contribution in [3.05, 3.63) is 39.8 Å². The van der Waals surface area contributed by atoms with Crippen molar-refractivity contribution < 1.29 is 16.6 Å². The molecule has 0 unspecified atom stereocenters. The first-order valence-corrected chi connectivity index (χ1v) is 2.54. The minimum Gasteiger partial charge on any atom is -0.298 e. The van der Waals surface area contributed by atoms with Gasteiger partial charge in [0, 0.05) is 17.6 Å². The summed E-state index contributed by atoms with van der Waals surface area (Å²) in [5.74, 6) is 0. The average molecular weight is 156 g/mol. The van der Waals surface area contributed by atoms with Crippen LogP contribution in [0.1, 0.15) is 17.2 Å². The highest BCUT2D eigenvalue weighted by atomic mass is 16.6. The molecule has 0 aliphatic rings. The summed E-state index contributed by atoms with van der Waals surface area (Å²) in [5, 5.41) is 10.5. The third kappa shape index (κ3) is 1.61. The maximum atomic E-state index is 10.8. The number of nitro groups is 1. The van der Waals surface area contributed by atoms with E-state index in [9.17, 15) is 14.9 Å². The van der Waals surface area contributed by atoms with Gasteiger partial charge in [-0.3, -0.25) is 14.9 Å². The predicted octanol–water partition coefficient (Wildman–Crippen LogP) is 1.41. The number of hydrogen-bond donors (Lipinski definition) is 0. The molecule has 0 heterocycles. The minimum atomic E-state index is -1.41. The second-order valence-electron chi connectivity index (χ2n) is 1.58. The van der Waals surface area contributed by atoms with E-state index in [0.29, 0.717) is 0 Å². The number of hydrogen-bond acceptors (Lipinski definition) is 3. The quantitative estimate of drug-likeness (QED) is 0.369. The van der Waals surface area contributed by atoms with E-state index in [1.54, 1.807) is 0 Å². The van der Waals surface area contributed by atoms with Gasteiger partial charge in [0.05, 0.1) is 10.4 Å². The van der Waals surface area contributed by atoms with Gasteiger partial charge >= 0.3 is 0 Å². The topological polar surface area (TPSA) is 60.2 Å². The van der Waals surface area contributed by atoms with E-state index in [2.05, 4.69) is 0 Å². The SMILES string of the molecule is [2H]C(=O)c1c([2H])c([2H])c([N+](=O)[O-])c([2H])c1[2H]. The number of nitrogens with zero attached hydrogens (tertiary/aromatic N) is 1. The lowest BCUT2D eigenvalue weighted by Gasteiger charge is -1.89. The van der Waals surface area contributed by atoms with Crippen LogP contribution in [0, 0.1) is 10.1 Å². The molecule has 56 valence electrons. The third-order valence-corrected chi connectivity index (χ3v) is 0.896. The standard InChI is InChI=1S/C7H5NO3/c9-5-6-1-3-7(4-2-6)8(10)11/h1-5H/i1D,2D,3D,4D,5D. The van der Waals surface area contributed by atoms with E-state index >= 15 is 0 Å². The lowest BCUT2D eigenvalue weighted by Crippen LogP contribution is -1.87. The maximum Gasteiger partial charge on any atom is 0.269 e. The molecule has 0 aliphatic heterocycles. The van der Waals surface area contributed by atoms with Crippen molar-refractivity contribution in [1.29, 1.82) is 0 Å². The van der Waals surface area contributed by atoms with E-state index in [4.69, 9.17) is 6.85 Å². The average Bonchev–Trinajstić information content (AvgIpc) is 2.14. The van der Waals surface area contributed by atoms with Gasteiger partial charge in [0.1, 0.15) is 7.63 Å². The van der Waals surface area contributed by atoms with Crippen molar-refractivity contribution in [3.63, 3.8) is 0 Å². The Morgan fingerprint density at radius 3 is 2.45 bits per heavy atom. The first kappa shape index (κ1) is 3.13. The second-order valence-corrected chi connectivity index (χ2v) is 1.58. The molecule has 0 atom stereocenters. The lowest BCUT2D eigenvalue weighted by atomic mass is 10.2. The van der Waals surface area contributed by atoms with Gasteiger partial charge in [0.2, 0.25) is 0 Å². The van der Waals surface area contributed by atoms with Crippen molar-refractivity contribution >= 4 is 11.9 Å². The smallest absolute Gasteiger partial charge is 0.269 e. The molecule has 1 aromatic rings. The summed E-state index contributed by atoms with van der Waals surface area (Å²) in [6.45, 7) is 0. The monoisotopic (exact) mass is 156 g/mol. The van der Waals surface area contributed by atoms with E-state index in [0.717, 1.165) is 0 Å². The highest BCUT2D eigenvalue weighted by molar-refractivity contribution is 5.75. The van der Waals surface area contributed by atoms with Crippen LogP contribution in [0.25, 0.3) is 0 Å². The fraction of sp³-hybridized carbons (Fsp3) is 0. The molecule has 4 nitrogen and oxygen atoms in total. The summed E-state index contributed by atoms with van der Waals surface area (Å²) in [4.78, 5) is 20.2. The Hall–Kier alpha value is -1.71. The molecule has 0 fully saturated rings. The van der Waals surface area contributed by atoms with Crippen LogP contribution in [0.5, 0.6) is 0 Å². The number of carbonyl (C=O) groups is 1. The van der Waals surface area contributed by atoms with Gasteiger partial charge in [-0.25, -0.2) is 0 Å². The fourth-order valence-corrected chi connectivity index (χ4v) is 0.448. The lowest BCUT2D eigenvalue weighted by molar-refractivity contribution is -0.384. The molecule has 0 aliphatic carbocycles. The molecule has 0 N–H and O–H groups in total. The molecule has 11 heavy (non-hydrogen) atoms. The summed E-state index contributed by atoms with van der Waals surface area (Å²) >= 11 is 0. The van der Waals surface area contributed by atoms with Crippen LogP contribution in [-0.2, 0) is 0 Å². The van der Waals surface area contributed by atoms with E-state index in [1.165, 1.54) is 0 Å². The van der Waals surface area contributed by atoms with Gasteiger partial charge in [-0.1, -0.05) is 0 Å². The first-order chi connectivity index (χ1) is 7.29. The van der Waals surface area contributed by atoms with Crippen molar-refractivity contribution in [2.24, 2.45) is 0 Å². The van der Waals surface area contributed by atoms with Crippen molar-refractivity contribution in [1.82, 2.24) is 0 Å². The van der Waals surface area contributed by atoms with Crippen LogP contribution in [0.2, 0.25) is 0 Å². The third-order valence-electron chi connectivity index (χ3n) is 0.896. The van der Waals surface area contributed by atoms with Crippen LogP contribution in [0.3, 0.4) is 0 Å². The fourth-order valence-electron chi connectivity index (χ4n) is 0.448. The van der Waals surface area contributed by atoms with Gasteiger partial charge in [-0.15, -0.1) is 0 Å². The Morgan fingerprint density at radius 1 is 1.55 bits per heavy atom. The van der Waals surface area contributed by atoms with Crippen LogP contribution >= 0.6 is 0 Å². The maximum absolute atomic E-state index is 10.8. The Balaban J connectivity index is 3.77. The van der Waals surface area contributed by atoms with Crippen molar-refractivity contribution in [2.75, 3.05) is 0 Å². The zero-order chi connectivity index (χ0) is 12.6. The summed E-state index contributed by atoms with van der Waals surface area (Å²) in [7, 11) is 0. The molecule has 0 aromatic heterocycles. The first-order valence-electron chi connectivity index (χ1n) is 5.04. The zero-order valence-corrected chi connectivity index (χ0v) is 5.17. The van der Waals surface area contributed by atoms with Crippen LogP contribution < -0.4 is 0 Å². The van der Waals surface area contributed by atoms with Gasteiger partial charge in [-0.2, -0.15) is 0 Å². The molecule has 0 amide bonds. The molecule has 0 saturated carbocycles. The highest BCUT2D eigenvalue weighted by Gasteiger charge is 2.02. The largest absolute Gasteiger partial charge is 0.298 e. The van der Waals surface area contributed by atoms with E-state index in [1.807, 2.05) is 0 Å². The zero-order valence-electron chi connectivity index (χ0n) is 10.2. The van der Waals surface area contributed by atoms with Gasteiger partial charge in [0.15, 0.2) is 0 Å². The Bertz CT molecular complexity index is 427. The molecular weight excluding hydrogens is 146 g/mol. The van der Waals surface area contributed by atoms with Crippen LogP contribution in [0.15, 0.2) is 24.2 Å². The normalized spacial score (nSPS) is 15.5. The molecule has 4 heteroatoms. The summed E-state index contributed by atoms with van der Waals surface area (Å²) in [5.41, 5.74) is -1.76. The van der Waals surface area contributed by atoms with Gasteiger partial charge in [0.25, 0.3) is 5.69 Å². The molecule has 1 aromatic carbocycles. The Kier molecular flexibility index (Phi) is 0.829. The second kappa shape index (κ2) is 2.92. The summed E-state index contributed by atoms with van der Waals surface area (Å²) in [6, 6.07) is -3.59. The summed E-state index contributed by atoms with van der Waals surface area (Å²) < 4.78 is 35.7. The number of benzene rings is 1. The van der Waals surface area contributed by atoms with E-state index in [-0.39, 0.29) is 0 Å². The number of aldehydes is 1. The van der Waals surface area contributed by atoms with Crippen molar-refractivity contribution in [3.8, 4) is 0 Å². The molecular formula is C7H5NO3. The van der Waals surface area contributed by atoms with Crippen molar-refractivity contribution in [2.45, 2.75) is 0 Å². The Labute approximate surface area is 69.6 Å². The van der Waals surface area contributed by atoms with Crippen LogP contribution in [0.4, 0.5) is 5.69 Å². The predicted molar refractivity (Wildman–Crippen MR) is 38.5 cm³/mol. The van der Waals surface area contributed by atoms with Gasteiger partial charge < -0.3 is 0 Å². The molecule has 1 rings (SSSR count). The van der Waals surface area contributed by atoms with E-state index < -0.39 is 46.6 Å². The van der Waals surface area contributed by atoms with Gasteiger partial charge in [-0.05, 0) is 12.1 Å². The van der Waals surface area contributed by atoms with Crippen LogP contribution in [-0.4, -0.2) is 11.2 Å². The summed E-state index contributed by atoms with van der Waals surface area (Å²) in [6.07, 6.45) is -1.41. The number of carbonyl (C=O) groups excluding carboxylic acids is 1. The molecule has 0 bridgehead atoms. The minimum absolute atomic E-state index is 0.763. The Morgan fingerprint density at radius 2 is 2.09 bits per heavy atom.